The van der Waals surface area contributed by atoms with Gasteiger partial charge in [0.2, 0.25) is 0 Å². The molecule has 2 aliphatic rings. The van der Waals surface area contributed by atoms with Crippen LogP contribution in [0, 0.1) is 11.3 Å². The van der Waals surface area contributed by atoms with Gasteiger partial charge in [-0.3, -0.25) is 4.79 Å². The average molecular weight is 259 g/mol. The molecular formula is C14H13NO4. The molecule has 0 N–H and O–H groups in total. The zero-order valence-corrected chi connectivity index (χ0v) is 10.6. The van der Waals surface area contributed by atoms with E-state index in [9.17, 15) is 10.1 Å². The zero-order chi connectivity index (χ0) is 13.4. The number of hydrogen-bond acceptors (Lipinski definition) is 5. The lowest BCUT2D eigenvalue weighted by Gasteiger charge is -2.13. The molecule has 3 rings (SSSR count). The number of benzene rings is 1. The highest BCUT2D eigenvalue weighted by atomic mass is 16.5. The number of nitrogens with zero attached hydrogens (tertiary/aromatic N) is 1. The summed E-state index contributed by atoms with van der Waals surface area (Å²) >= 11 is 0. The molecule has 0 aliphatic carbocycles. The molecule has 0 radical (unpaired) electrons. The molecular weight excluding hydrogens is 246 g/mol. The van der Waals surface area contributed by atoms with E-state index < -0.39 is 0 Å². The van der Waals surface area contributed by atoms with Gasteiger partial charge < -0.3 is 14.2 Å². The molecule has 2 heterocycles. The smallest absolute Gasteiger partial charge is 0.310 e. The second-order valence-electron chi connectivity index (χ2n) is 4.53. The first-order chi connectivity index (χ1) is 9.26. The maximum absolute atomic E-state index is 11.6. The predicted octanol–water partition coefficient (Wildman–Crippen LogP) is 1.14. The minimum absolute atomic E-state index is 0.163. The lowest BCUT2D eigenvalue weighted by Crippen LogP contribution is -2.08. The van der Waals surface area contributed by atoms with E-state index in [-0.39, 0.29) is 12.4 Å². The number of rotatable bonds is 2. The highest BCUT2D eigenvalue weighted by Gasteiger charge is 2.32. The number of carbonyl (C=O) groups excluding carboxylic acids is 1. The summed E-state index contributed by atoms with van der Waals surface area (Å²) in [7, 11) is 1.36. The lowest BCUT2D eigenvalue weighted by molar-refractivity contribution is -0.139. The predicted molar refractivity (Wildman–Crippen MR) is 65.3 cm³/mol. The molecule has 0 spiro atoms. The Labute approximate surface area is 110 Å². The minimum Gasteiger partial charge on any atom is -0.493 e. The standard InChI is InChI=1S/C14H13NO4/c1-17-12(16)6-10-8-2-4-19-14(8)11(7-15)9-3-5-18-13(9)10/h2-6H2,1H3. The van der Waals surface area contributed by atoms with E-state index in [0.717, 1.165) is 16.7 Å². The fourth-order valence-corrected chi connectivity index (χ4v) is 2.73. The van der Waals surface area contributed by atoms with Crippen molar-refractivity contribution in [2.45, 2.75) is 19.3 Å². The van der Waals surface area contributed by atoms with Gasteiger partial charge in [-0.25, -0.2) is 0 Å². The Balaban J connectivity index is 2.20. The molecule has 19 heavy (non-hydrogen) atoms. The second kappa shape index (κ2) is 4.47. The minimum atomic E-state index is -0.309. The first kappa shape index (κ1) is 11.8. The van der Waals surface area contributed by atoms with Crippen molar-refractivity contribution >= 4 is 5.97 Å². The van der Waals surface area contributed by atoms with Gasteiger partial charge in [-0.2, -0.15) is 5.26 Å². The van der Waals surface area contributed by atoms with Crippen molar-refractivity contribution in [2.24, 2.45) is 0 Å². The van der Waals surface area contributed by atoms with Crippen molar-refractivity contribution in [2.75, 3.05) is 20.3 Å². The molecule has 0 unspecified atom stereocenters. The average Bonchev–Trinajstić information content (AvgIpc) is 3.06. The largest absolute Gasteiger partial charge is 0.493 e. The van der Waals surface area contributed by atoms with Gasteiger partial charge in [0, 0.05) is 29.5 Å². The summed E-state index contributed by atoms with van der Waals surface area (Å²) in [4.78, 5) is 11.6. The first-order valence-corrected chi connectivity index (χ1v) is 6.19. The molecule has 5 heteroatoms. The van der Waals surface area contributed by atoms with Crippen LogP contribution in [0.4, 0.5) is 0 Å². The molecule has 2 aliphatic heterocycles. The normalized spacial score (nSPS) is 14.9. The number of esters is 1. The van der Waals surface area contributed by atoms with E-state index in [2.05, 4.69) is 6.07 Å². The van der Waals surface area contributed by atoms with Crippen molar-refractivity contribution in [3.63, 3.8) is 0 Å². The molecule has 0 saturated heterocycles. The van der Waals surface area contributed by atoms with E-state index in [4.69, 9.17) is 14.2 Å². The molecule has 1 aromatic rings. The van der Waals surface area contributed by atoms with Crippen LogP contribution in [0.3, 0.4) is 0 Å². The van der Waals surface area contributed by atoms with Gasteiger partial charge >= 0.3 is 5.97 Å². The SMILES string of the molecule is COC(=O)Cc1c2c(c(C#N)c3c1OCC3)OCC2. The summed E-state index contributed by atoms with van der Waals surface area (Å²) in [6.45, 7) is 1.09. The number of methoxy groups -OCH3 is 1. The highest BCUT2D eigenvalue weighted by Crippen LogP contribution is 2.44. The van der Waals surface area contributed by atoms with Crippen LogP contribution >= 0.6 is 0 Å². The van der Waals surface area contributed by atoms with Crippen molar-refractivity contribution in [3.05, 3.63) is 22.3 Å². The third-order valence-corrected chi connectivity index (χ3v) is 3.57. The van der Waals surface area contributed by atoms with Crippen molar-refractivity contribution in [3.8, 4) is 17.6 Å². The van der Waals surface area contributed by atoms with Gasteiger partial charge in [-0.15, -0.1) is 0 Å². The number of hydrogen-bond donors (Lipinski definition) is 0. The fourth-order valence-electron chi connectivity index (χ4n) is 2.73. The molecule has 0 fully saturated rings. The summed E-state index contributed by atoms with van der Waals surface area (Å²) in [5, 5.41) is 9.31. The molecule has 0 amide bonds. The quantitative estimate of drug-likeness (QED) is 0.745. The molecule has 0 atom stereocenters. The molecule has 0 bridgehead atoms. The van der Waals surface area contributed by atoms with Crippen LogP contribution in [0.1, 0.15) is 22.3 Å². The molecule has 5 nitrogen and oxygen atoms in total. The van der Waals surface area contributed by atoms with Crippen LogP contribution in [-0.2, 0) is 28.8 Å². The van der Waals surface area contributed by atoms with Crippen molar-refractivity contribution < 1.29 is 19.0 Å². The van der Waals surface area contributed by atoms with Crippen LogP contribution in [-0.4, -0.2) is 26.3 Å². The van der Waals surface area contributed by atoms with E-state index in [1.165, 1.54) is 7.11 Å². The Morgan fingerprint density at radius 2 is 1.95 bits per heavy atom. The summed E-state index contributed by atoms with van der Waals surface area (Å²) in [5.41, 5.74) is 3.17. The van der Waals surface area contributed by atoms with Crippen LogP contribution in [0.2, 0.25) is 0 Å². The summed E-state index contributed by atoms with van der Waals surface area (Å²) in [6.07, 6.45) is 1.55. The second-order valence-corrected chi connectivity index (χ2v) is 4.53. The van der Waals surface area contributed by atoms with Crippen LogP contribution in [0.25, 0.3) is 0 Å². The Kier molecular flexibility index (Phi) is 2.79. The fraction of sp³-hybridized carbons (Fsp3) is 0.429. The van der Waals surface area contributed by atoms with Gasteiger partial charge in [-0.05, 0) is 0 Å². The van der Waals surface area contributed by atoms with Gasteiger partial charge in [-0.1, -0.05) is 0 Å². The maximum Gasteiger partial charge on any atom is 0.310 e. The van der Waals surface area contributed by atoms with Crippen LogP contribution in [0.5, 0.6) is 11.5 Å². The summed E-state index contributed by atoms with van der Waals surface area (Å²) < 4.78 is 15.9. The first-order valence-electron chi connectivity index (χ1n) is 6.19. The molecule has 0 saturated carbocycles. The van der Waals surface area contributed by atoms with Gasteiger partial charge in [0.05, 0.1) is 26.7 Å². The molecule has 1 aromatic carbocycles. The molecule has 0 aromatic heterocycles. The monoisotopic (exact) mass is 259 g/mol. The third-order valence-electron chi connectivity index (χ3n) is 3.57. The molecule has 98 valence electrons. The Bertz CT molecular complexity index is 565. The van der Waals surface area contributed by atoms with E-state index in [0.29, 0.717) is 43.1 Å². The van der Waals surface area contributed by atoms with Crippen molar-refractivity contribution in [1.82, 2.24) is 0 Å². The van der Waals surface area contributed by atoms with Gasteiger partial charge in [0.15, 0.2) is 0 Å². The van der Waals surface area contributed by atoms with Crippen molar-refractivity contribution in [1.29, 1.82) is 5.26 Å². The summed E-state index contributed by atoms with van der Waals surface area (Å²) in [6, 6.07) is 2.20. The van der Waals surface area contributed by atoms with E-state index in [1.807, 2.05) is 0 Å². The Morgan fingerprint density at radius 1 is 1.26 bits per heavy atom. The third kappa shape index (κ3) is 1.72. The number of nitriles is 1. The number of ether oxygens (including phenoxy) is 3. The van der Waals surface area contributed by atoms with E-state index in [1.54, 1.807) is 0 Å². The number of fused-ring (bicyclic) bond motifs is 2. The van der Waals surface area contributed by atoms with E-state index >= 15 is 0 Å². The van der Waals surface area contributed by atoms with Crippen LogP contribution < -0.4 is 9.47 Å². The zero-order valence-electron chi connectivity index (χ0n) is 10.6. The van der Waals surface area contributed by atoms with Gasteiger partial charge in [0.25, 0.3) is 0 Å². The lowest BCUT2D eigenvalue weighted by atomic mass is 9.93. The maximum atomic E-state index is 11.6. The number of carbonyl (C=O) groups is 1. The topological polar surface area (TPSA) is 68.6 Å². The Hall–Kier alpha value is -2.22. The summed E-state index contributed by atoms with van der Waals surface area (Å²) in [5.74, 6) is 1.01. The van der Waals surface area contributed by atoms with Gasteiger partial charge in [0.1, 0.15) is 23.1 Å². The highest BCUT2D eigenvalue weighted by molar-refractivity contribution is 5.77. The van der Waals surface area contributed by atoms with Crippen LogP contribution in [0.15, 0.2) is 0 Å². The Morgan fingerprint density at radius 3 is 2.63 bits per heavy atom.